The SMILES string of the molecule is CC(C)(C)CCC(OC(=O)CBr)c1ccccc1C(=O)O. The van der Waals surface area contributed by atoms with Crippen molar-refractivity contribution in [1.82, 2.24) is 0 Å². The standard InChI is InChI=1S/C16H21BrO4/c1-16(2,3)9-8-13(21-14(18)10-17)11-6-4-5-7-12(11)15(19)20/h4-7,13H,8-10H2,1-3H3,(H,19,20). The molecule has 0 fully saturated rings. The van der Waals surface area contributed by atoms with Gasteiger partial charge in [0.05, 0.1) is 5.56 Å². The van der Waals surface area contributed by atoms with Crippen LogP contribution in [0, 0.1) is 5.41 Å². The van der Waals surface area contributed by atoms with Gasteiger partial charge >= 0.3 is 11.9 Å². The summed E-state index contributed by atoms with van der Waals surface area (Å²) in [7, 11) is 0. The summed E-state index contributed by atoms with van der Waals surface area (Å²) < 4.78 is 5.42. The fraction of sp³-hybridized carbons (Fsp3) is 0.500. The van der Waals surface area contributed by atoms with Crippen molar-refractivity contribution in [1.29, 1.82) is 0 Å². The van der Waals surface area contributed by atoms with Gasteiger partial charge < -0.3 is 9.84 Å². The Balaban J connectivity index is 3.05. The maximum absolute atomic E-state index is 11.6. The van der Waals surface area contributed by atoms with Gasteiger partial charge in [0.1, 0.15) is 11.4 Å². The van der Waals surface area contributed by atoms with Crippen molar-refractivity contribution in [2.45, 2.75) is 39.7 Å². The molecule has 0 aliphatic rings. The second-order valence-corrected chi connectivity index (χ2v) is 6.66. The van der Waals surface area contributed by atoms with Crippen LogP contribution in [0.3, 0.4) is 0 Å². The lowest BCUT2D eigenvalue weighted by Crippen LogP contribution is -2.17. The van der Waals surface area contributed by atoms with Crippen LogP contribution in [0.2, 0.25) is 0 Å². The second-order valence-electron chi connectivity index (χ2n) is 6.10. The Bertz CT molecular complexity index is 505. The predicted molar refractivity (Wildman–Crippen MR) is 84.7 cm³/mol. The highest BCUT2D eigenvalue weighted by Gasteiger charge is 2.24. The molecule has 0 amide bonds. The van der Waals surface area contributed by atoms with E-state index in [4.69, 9.17) is 4.74 Å². The van der Waals surface area contributed by atoms with Crippen LogP contribution < -0.4 is 0 Å². The lowest BCUT2D eigenvalue weighted by atomic mass is 9.87. The molecule has 4 nitrogen and oxygen atoms in total. The summed E-state index contributed by atoms with van der Waals surface area (Å²) in [5.41, 5.74) is 0.805. The Hall–Kier alpha value is -1.36. The minimum Gasteiger partial charge on any atom is -0.478 e. The zero-order valence-corrected chi connectivity index (χ0v) is 14.1. The normalized spacial score (nSPS) is 12.8. The molecule has 0 bridgehead atoms. The zero-order valence-electron chi connectivity index (χ0n) is 12.6. The number of carboxylic acid groups (broad SMARTS) is 1. The van der Waals surface area contributed by atoms with Crippen LogP contribution in [0.1, 0.15) is 55.6 Å². The van der Waals surface area contributed by atoms with Gasteiger partial charge in [-0.3, -0.25) is 4.79 Å². The number of carboxylic acids is 1. The molecular weight excluding hydrogens is 336 g/mol. The fourth-order valence-corrected chi connectivity index (χ4v) is 2.14. The molecule has 21 heavy (non-hydrogen) atoms. The van der Waals surface area contributed by atoms with Crippen LogP contribution in [0.25, 0.3) is 0 Å². The molecule has 1 aromatic carbocycles. The van der Waals surface area contributed by atoms with Gasteiger partial charge in [-0.05, 0) is 24.3 Å². The van der Waals surface area contributed by atoms with Crippen LogP contribution in [0.4, 0.5) is 0 Å². The molecule has 0 aliphatic heterocycles. The lowest BCUT2D eigenvalue weighted by Gasteiger charge is -2.24. The molecule has 0 heterocycles. The third-order valence-electron chi connectivity index (χ3n) is 3.08. The topological polar surface area (TPSA) is 63.6 Å². The van der Waals surface area contributed by atoms with Gasteiger partial charge in [-0.2, -0.15) is 0 Å². The molecule has 0 spiro atoms. The van der Waals surface area contributed by atoms with E-state index < -0.39 is 18.0 Å². The van der Waals surface area contributed by atoms with E-state index in [1.165, 1.54) is 6.07 Å². The van der Waals surface area contributed by atoms with Crippen molar-refractivity contribution in [3.05, 3.63) is 35.4 Å². The van der Waals surface area contributed by atoms with Crippen molar-refractivity contribution >= 4 is 27.9 Å². The molecule has 0 saturated heterocycles. The molecule has 0 saturated carbocycles. The molecule has 0 aliphatic carbocycles. The second kappa shape index (κ2) is 7.59. The number of hydrogen-bond acceptors (Lipinski definition) is 3. The van der Waals surface area contributed by atoms with Crippen LogP contribution in [-0.2, 0) is 9.53 Å². The molecule has 1 rings (SSSR count). The first-order valence-corrected chi connectivity index (χ1v) is 7.94. The first-order valence-electron chi connectivity index (χ1n) is 6.82. The van der Waals surface area contributed by atoms with E-state index in [0.29, 0.717) is 12.0 Å². The van der Waals surface area contributed by atoms with E-state index >= 15 is 0 Å². The van der Waals surface area contributed by atoms with Gasteiger partial charge in [0, 0.05) is 5.56 Å². The Morgan fingerprint density at radius 2 is 1.90 bits per heavy atom. The monoisotopic (exact) mass is 356 g/mol. The largest absolute Gasteiger partial charge is 0.478 e. The van der Waals surface area contributed by atoms with Gasteiger partial charge in [0.25, 0.3) is 0 Å². The summed E-state index contributed by atoms with van der Waals surface area (Å²) in [5.74, 6) is -1.41. The van der Waals surface area contributed by atoms with E-state index in [1.54, 1.807) is 18.2 Å². The van der Waals surface area contributed by atoms with Gasteiger partial charge in [0.2, 0.25) is 0 Å². The van der Waals surface area contributed by atoms with Crippen molar-refractivity contribution in [3.8, 4) is 0 Å². The number of hydrogen-bond donors (Lipinski definition) is 1. The number of rotatable bonds is 6. The van der Waals surface area contributed by atoms with Crippen LogP contribution in [0.5, 0.6) is 0 Å². The third-order valence-corrected chi connectivity index (χ3v) is 3.54. The van der Waals surface area contributed by atoms with Crippen LogP contribution in [-0.4, -0.2) is 22.4 Å². The van der Waals surface area contributed by atoms with E-state index in [9.17, 15) is 14.7 Å². The number of benzene rings is 1. The van der Waals surface area contributed by atoms with Crippen molar-refractivity contribution in [3.63, 3.8) is 0 Å². The molecule has 116 valence electrons. The summed E-state index contributed by atoms with van der Waals surface area (Å²) in [5, 5.41) is 9.38. The maximum Gasteiger partial charge on any atom is 0.336 e. The lowest BCUT2D eigenvalue weighted by molar-refractivity contribution is -0.146. The number of halogens is 1. The first kappa shape index (κ1) is 17.7. The molecule has 1 N–H and O–H groups in total. The Morgan fingerprint density at radius 1 is 1.29 bits per heavy atom. The Morgan fingerprint density at radius 3 is 2.43 bits per heavy atom. The molecule has 1 atom stereocenters. The number of alkyl halides is 1. The van der Waals surface area contributed by atoms with Gasteiger partial charge in [-0.25, -0.2) is 4.79 Å². The number of aromatic carboxylic acids is 1. The maximum atomic E-state index is 11.6. The predicted octanol–water partition coefficient (Wildman–Crippen LogP) is 4.19. The summed E-state index contributed by atoms with van der Waals surface area (Å²) >= 11 is 3.06. The van der Waals surface area contributed by atoms with Crippen molar-refractivity contribution in [2.24, 2.45) is 5.41 Å². The van der Waals surface area contributed by atoms with Gasteiger partial charge in [0.15, 0.2) is 0 Å². The molecule has 5 heteroatoms. The Kier molecular flexibility index (Phi) is 6.40. The number of carbonyl (C=O) groups is 2. The van der Waals surface area contributed by atoms with E-state index in [-0.39, 0.29) is 16.3 Å². The molecule has 0 aromatic heterocycles. The molecular formula is C16H21BrO4. The first-order chi connectivity index (χ1) is 9.74. The summed E-state index contributed by atoms with van der Waals surface area (Å²) in [6.07, 6.45) is 0.870. The number of esters is 1. The smallest absolute Gasteiger partial charge is 0.336 e. The summed E-state index contributed by atoms with van der Waals surface area (Å²) in [4.78, 5) is 22.9. The quantitative estimate of drug-likeness (QED) is 0.613. The van der Waals surface area contributed by atoms with E-state index in [0.717, 1.165) is 6.42 Å². The third kappa shape index (κ3) is 5.87. The van der Waals surface area contributed by atoms with Gasteiger partial charge in [-0.15, -0.1) is 0 Å². The molecule has 1 aromatic rings. The Labute approximate surface area is 133 Å². The highest BCUT2D eigenvalue weighted by molar-refractivity contribution is 9.09. The number of ether oxygens (including phenoxy) is 1. The number of carbonyl (C=O) groups excluding carboxylic acids is 1. The van der Waals surface area contributed by atoms with Crippen molar-refractivity contribution < 1.29 is 19.4 Å². The van der Waals surface area contributed by atoms with E-state index in [2.05, 4.69) is 36.7 Å². The average Bonchev–Trinajstić information content (AvgIpc) is 2.42. The van der Waals surface area contributed by atoms with Gasteiger partial charge in [-0.1, -0.05) is 54.9 Å². The average molecular weight is 357 g/mol. The highest BCUT2D eigenvalue weighted by atomic mass is 79.9. The molecule has 1 unspecified atom stereocenters. The zero-order chi connectivity index (χ0) is 16.0. The fourth-order valence-electron chi connectivity index (χ4n) is 2.00. The summed E-state index contributed by atoms with van der Waals surface area (Å²) in [6, 6.07) is 6.66. The van der Waals surface area contributed by atoms with Crippen LogP contribution >= 0.6 is 15.9 Å². The summed E-state index contributed by atoms with van der Waals surface area (Å²) in [6.45, 7) is 6.29. The minimum atomic E-state index is -1.01. The van der Waals surface area contributed by atoms with Crippen LogP contribution in [0.15, 0.2) is 24.3 Å². The highest BCUT2D eigenvalue weighted by Crippen LogP contribution is 2.31. The van der Waals surface area contributed by atoms with E-state index in [1.807, 2.05) is 0 Å². The molecule has 0 radical (unpaired) electrons. The van der Waals surface area contributed by atoms with Crippen molar-refractivity contribution in [2.75, 3.05) is 5.33 Å². The minimum absolute atomic E-state index is 0.0806.